The molecule has 0 fully saturated rings. The van der Waals surface area contributed by atoms with Gasteiger partial charge in [-0.3, -0.25) is 0 Å². The van der Waals surface area contributed by atoms with Gasteiger partial charge in [0, 0.05) is 12.1 Å². The predicted molar refractivity (Wildman–Crippen MR) is 74.3 cm³/mol. The maximum Gasteiger partial charge on any atom is 0.0210 e. The van der Waals surface area contributed by atoms with Crippen molar-refractivity contribution in [3.63, 3.8) is 0 Å². The van der Waals surface area contributed by atoms with E-state index < -0.39 is 0 Å². The monoisotopic (exact) mass is 241 g/mol. The van der Waals surface area contributed by atoms with Crippen LogP contribution in [0.3, 0.4) is 0 Å². The molecule has 0 amide bonds. The minimum Gasteiger partial charge on any atom is -0.308 e. The van der Waals surface area contributed by atoms with Gasteiger partial charge in [-0.05, 0) is 37.8 Å². The molecule has 0 saturated heterocycles. The summed E-state index contributed by atoms with van der Waals surface area (Å²) in [6.07, 6.45) is 2.27. The molecule has 0 aliphatic rings. The third-order valence-electron chi connectivity index (χ3n) is 3.09. The van der Waals surface area contributed by atoms with Crippen molar-refractivity contribution in [2.24, 2.45) is 0 Å². The number of hydrogen-bond donors (Lipinski definition) is 1. The zero-order valence-electron chi connectivity index (χ0n) is 10.8. The van der Waals surface area contributed by atoms with E-state index in [1.165, 1.54) is 11.1 Å². The molecule has 0 spiro atoms. The van der Waals surface area contributed by atoms with Gasteiger partial charge in [0.15, 0.2) is 0 Å². The third kappa shape index (κ3) is 5.00. The largest absolute Gasteiger partial charge is 0.308 e. The highest BCUT2D eigenvalue weighted by atomic mass is 35.5. The molecule has 0 saturated carbocycles. The molecule has 0 aromatic heterocycles. The summed E-state index contributed by atoms with van der Waals surface area (Å²) in [5, 5.41) is 3.56. The van der Waals surface area contributed by atoms with Crippen LogP contribution in [0.25, 0.3) is 0 Å². The van der Waals surface area contributed by atoms with Gasteiger partial charge >= 0.3 is 0 Å². The van der Waals surface area contributed by atoms with E-state index in [1.54, 1.807) is 0 Å². The SMILES string of the molecule is CCc1ccc(CNC(C)(C)CC)cc1.Cl. The molecule has 92 valence electrons. The van der Waals surface area contributed by atoms with E-state index in [4.69, 9.17) is 0 Å². The highest BCUT2D eigenvalue weighted by Crippen LogP contribution is 2.10. The summed E-state index contributed by atoms with van der Waals surface area (Å²) in [4.78, 5) is 0. The van der Waals surface area contributed by atoms with Gasteiger partial charge in [0.05, 0.1) is 0 Å². The van der Waals surface area contributed by atoms with Crippen LogP contribution < -0.4 is 5.32 Å². The van der Waals surface area contributed by atoms with E-state index in [0.717, 1.165) is 19.4 Å². The molecule has 0 aliphatic carbocycles. The number of aryl methyl sites for hydroxylation is 1. The van der Waals surface area contributed by atoms with Crippen LogP contribution in [0.1, 0.15) is 45.2 Å². The average Bonchev–Trinajstić information content (AvgIpc) is 2.27. The first-order valence-corrected chi connectivity index (χ1v) is 5.90. The van der Waals surface area contributed by atoms with Gasteiger partial charge < -0.3 is 5.32 Å². The second-order valence-corrected chi connectivity index (χ2v) is 4.76. The van der Waals surface area contributed by atoms with Crippen molar-refractivity contribution in [2.45, 2.75) is 52.6 Å². The molecule has 0 atom stereocenters. The Kier molecular flexibility index (Phi) is 6.70. The van der Waals surface area contributed by atoms with Crippen LogP contribution >= 0.6 is 12.4 Å². The lowest BCUT2D eigenvalue weighted by molar-refractivity contribution is 0.374. The number of rotatable bonds is 5. The van der Waals surface area contributed by atoms with E-state index in [2.05, 4.69) is 57.3 Å². The Morgan fingerprint density at radius 2 is 1.50 bits per heavy atom. The van der Waals surface area contributed by atoms with Crippen LogP contribution in [0, 0.1) is 0 Å². The Morgan fingerprint density at radius 3 is 1.94 bits per heavy atom. The first-order valence-electron chi connectivity index (χ1n) is 5.90. The smallest absolute Gasteiger partial charge is 0.0210 e. The van der Waals surface area contributed by atoms with Crippen molar-refractivity contribution < 1.29 is 0 Å². The lowest BCUT2D eigenvalue weighted by atomic mass is 10.0. The number of nitrogens with one attached hydrogen (secondary N) is 1. The standard InChI is InChI=1S/C14H23N.ClH/c1-5-12-7-9-13(10-8-12)11-15-14(3,4)6-2;/h7-10,15H,5-6,11H2,1-4H3;1H. The molecule has 0 heterocycles. The molecule has 16 heavy (non-hydrogen) atoms. The molecule has 0 aliphatic heterocycles. The van der Waals surface area contributed by atoms with Crippen molar-refractivity contribution in [3.8, 4) is 0 Å². The molecule has 0 radical (unpaired) electrons. The average molecular weight is 242 g/mol. The van der Waals surface area contributed by atoms with Gasteiger partial charge in [-0.2, -0.15) is 0 Å². The summed E-state index contributed by atoms with van der Waals surface area (Å²) in [7, 11) is 0. The molecule has 1 rings (SSSR count). The summed E-state index contributed by atoms with van der Waals surface area (Å²) in [5.74, 6) is 0. The highest BCUT2D eigenvalue weighted by molar-refractivity contribution is 5.85. The molecule has 1 aromatic rings. The highest BCUT2D eigenvalue weighted by Gasteiger charge is 2.12. The van der Waals surface area contributed by atoms with Crippen LogP contribution in [0.2, 0.25) is 0 Å². The fourth-order valence-electron chi connectivity index (χ4n) is 1.36. The maximum absolute atomic E-state index is 3.56. The first-order chi connectivity index (χ1) is 7.07. The van der Waals surface area contributed by atoms with Crippen molar-refractivity contribution in [1.29, 1.82) is 0 Å². The summed E-state index contributed by atoms with van der Waals surface area (Å²) >= 11 is 0. The van der Waals surface area contributed by atoms with E-state index in [-0.39, 0.29) is 17.9 Å². The van der Waals surface area contributed by atoms with Gasteiger partial charge in [0.1, 0.15) is 0 Å². The first kappa shape index (κ1) is 15.5. The van der Waals surface area contributed by atoms with Crippen LogP contribution in [0.4, 0.5) is 0 Å². The minimum atomic E-state index is 0. The zero-order valence-corrected chi connectivity index (χ0v) is 11.7. The van der Waals surface area contributed by atoms with Gasteiger partial charge in [-0.15, -0.1) is 12.4 Å². The summed E-state index contributed by atoms with van der Waals surface area (Å²) < 4.78 is 0. The van der Waals surface area contributed by atoms with Crippen molar-refractivity contribution >= 4 is 12.4 Å². The summed E-state index contributed by atoms with van der Waals surface area (Å²) in [6.45, 7) is 9.85. The van der Waals surface area contributed by atoms with E-state index in [1.807, 2.05) is 0 Å². The predicted octanol–water partition coefficient (Wildman–Crippen LogP) is 3.95. The van der Waals surface area contributed by atoms with Crippen molar-refractivity contribution in [2.75, 3.05) is 0 Å². The molecule has 0 bridgehead atoms. The Morgan fingerprint density at radius 1 is 1.00 bits per heavy atom. The van der Waals surface area contributed by atoms with E-state index >= 15 is 0 Å². The lowest BCUT2D eigenvalue weighted by Crippen LogP contribution is -2.37. The van der Waals surface area contributed by atoms with E-state index in [9.17, 15) is 0 Å². The molecule has 1 N–H and O–H groups in total. The fourth-order valence-corrected chi connectivity index (χ4v) is 1.36. The van der Waals surface area contributed by atoms with Crippen molar-refractivity contribution in [3.05, 3.63) is 35.4 Å². The molecule has 1 nitrogen and oxygen atoms in total. The molecular weight excluding hydrogens is 218 g/mol. The number of halogens is 1. The van der Waals surface area contributed by atoms with E-state index in [0.29, 0.717) is 0 Å². The molecule has 0 unspecified atom stereocenters. The minimum absolute atomic E-state index is 0. The molecule has 2 heteroatoms. The second kappa shape index (κ2) is 6.93. The quantitative estimate of drug-likeness (QED) is 0.823. The number of hydrogen-bond acceptors (Lipinski definition) is 1. The van der Waals surface area contributed by atoms with Crippen molar-refractivity contribution in [1.82, 2.24) is 5.32 Å². The number of benzene rings is 1. The normalized spacial score (nSPS) is 11.0. The Labute approximate surface area is 106 Å². The van der Waals surface area contributed by atoms with Gasteiger partial charge in [0.25, 0.3) is 0 Å². The van der Waals surface area contributed by atoms with Crippen LogP contribution in [0.5, 0.6) is 0 Å². The topological polar surface area (TPSA) is 12.0 Å². The fraction of sp³-hybridized carbons (Fsp3) is 0.571. The summed E-state index contributed by atoms with van der Waals surface area (Å²) in [6, 6.07) is 8.88. The van der Waals surface area contributed by atoms with Gasteiger partial charge in [-0.1, -0.05) is 38.1 Å². The lowest BCUT2D eigenvalue weighted by Gasteiger charge is -2.24. The van der Waals surface area contributed by atoms with Crippen LogP contribution in [-0.4, -0.2) is 5.54 Å². The molecule has 1 aromatic carbocycles. The van der Waals surface area contributed by atoms with Crippen LogP contribution in [-0.2, 0) is 13.0 Å². The Balaban J connectivity index is 0.00000225. The maximum atomic E-state index is 3.56. The van der Waals surface area contributed by atoms with Crippen LogP contribution in [0.15, 0.2) is 24.3 Å². The van der Waals surface area contributed by atoms with Gasteiger partial charge in [0.2, 0.25) is 0 Å². The summed E-state index contributed by atoms with van der Waals surface area (Å²) in [5.41, 5.74) is 3.02. The molecular formula is C14H24ClN. The third-order valence-corrected chi connectivity index (χ3v) is 3.09. The second-order valence-electron chi connectivity index (χ2n) is 4.76. The Hall–Kier alpha value is -0.530. The van der Waals surface area contributed by atoms with Gasteiger partial charge in [-0.25, -0.2) is 0 Å². The Bertz CT molecular complexity index is 290. The zero-order chi connectivity index (χ0) is 11.3.